The van der Waals surface area contributed by atoms with Crippen LogP contribution in [0.4, 0.5) is 14.9 Å². The number of nitrogens with zero attached hydrogens (tertiary/aromatic N) is 3. The van der Waals surface area contributed by atoms with E-state index in [9.17, 15) is 14.0 Å². The minimum absolute atomic E-state index is 0.205. The molecule has 0 radical (unpaired) electrons. The highest BCUT2D eigenvalue weighted by Gasteiger charge is 2.32. The Kier molecular flexibility index (Phi) is 6.64. The third-order valence-corrected chi connectivity index (χ3v) is 5.16. The number of ether oxygens (including phenoxy) is 1. The molecule has 0 spiro atoms. The van der Waals surface area contributed by atoms with Gasteiger partial charge in [0.1, 0.15) is 11.9 Å². The van der Waals surface area contributed by atoms with E-state index in [4.69, 9.17) is 9.26 Å². The molecule has 2 N–H and O–H groups in total. The number of carbonyl (C=O) groups is 2. The van der Waals surface area contributed by atoms with Crippen LogP contribution < -0.4 is 15.5 Å². The highest BCUT2D eigenvalue weighted by molar-refractivity contribution is 5.90. The minimum Gasteiger partial charge on any atom is -0.442 e. The Morgan fingerprint density at radius 2 is 2.00 bits per heavy atom. The number of hydrogen-bond acceptors (Lipinski definition) is 7. The van der Waals surface area contributed by atoms with Crippen LogP contribution in [0.15, 0.2) is 47.0 Å². The van der Waals surface area contributed by atoms with Crippen molar-refractivity contribution in [2.45, 2.75) is 33.0 Å². The molecule has 10 heteroatoms. The van der Waals surface area contributed by atoms with E-state index < -0.39 is 18.0 Å². The summed E-state index contributed by atoms with van der Waals surface area (Å²) in [4.78, 5) is 28.7. The highest BCUT2D eigenvalue weighted by atomic mass is 19.1. The molecule has 1 aromatic heterocycles. The topological polar surface area (TPSA) is 110 Å². The first-order valence-electron chi connectivity index (χ1n) is 10.5. The van der Waals surface area contributed by atoms with Gasteiger partial charge in [0.05, 0.1) is 25.3 Å². The molecule has 2 heterocycles. The van der Waals surface area contributed by atoms with Crippen LogP contribution in [0.5, 0.6) is 0 Å². The Morgan fingerprint density at radius 1 is 1.21 bits per heavy atom. The number of aryl methyl sites for hydroxylation is 1. The van der Waals surface area contributed by atoms with Gasteiger partial charge in [-0.2, -0.15) is 4.98 Å². The molecule has 0 unspecified atom stereocenters. The van der Waals surface area contributed by atoms with Gasteiger partial charge in [-0.25, -0.2) is 9.18 Å². The molecule has 0 bridgehead atoms. The predicted octanol–water partition coefficient (Wildman–Crippen LogP) is 2.94. The lowest BCUT2D eigenvalue weighted by Crippen LogP contribution is -2.33. The fourth-order valence-electron chi connectivity index (χ4n) is 3.53. The second kappa shape index (κ2) is 9.78. The molecule has 0 aliphatic carbocycles. The Balaban J connectivity index is 1.37. The van der Waals surface area contributed by atoms with Crippen molar-refractivity contribution in [3.63, 3.8) is 0 Å². The Hall–Kier alpha value is -3.79. The second-order valence-electron chi connectivity index (χ2n) is 7.75. The average Bonchev–Trinajstić information content (AvgIpc) is 3.38. The molecule has 1 aliphatic heterocycles. The fourth-order valence-corrected chi connectivity index (χ4v) is 3.53. The molecule has 33 heavy (non-hydrogen) atoms. The molecule has 1 atom stereocenters. The summed E-state index contributed by atoms with van der Waals surface area (Å²) in [7, 11) is 0. The average molecular weight is 453 g/mol. The summed E-state index contributed by atoms with van der Waals surface area (Å²) >= 11 is 0. The zero-order chi connectivity index (χ0) is 23.4. The number of hydrogen-bond donors (Lipinski definition) is 2. The van der Waals surface area contributed by atoms with E-state index in [-0.39, 0.29) is 19.0 Å². The lowest BCUT2D eigenvalue weighted by Gasteiger charge is -2.15. The summed E-state index contributed by atoms with van der Waals surface area (Å²) < 4.78 is 25.2. The van der Waals surface area contributed by atoms with E-state index in [1.54, 1.807) is 19.1 Å². The van der Waals surface area contributed by atoms with Gasteiger partial charge in [-0.1, -0.05) is 29.4 Å². The van der Waals surface area contributed by atoms with Crippen molar-refractivity contribution in [1.82, 2.24) is 20.8 Å². The summed E-state index contributed by atoms with van der Waals surface area (Å²) in [5, 5.41) is 9.58. The maximum atomic E-state index is 14.9. The van der Waals surface area contributed by atoms with Crippen molar-refractivity contribution in [3.05, 3.63) is 65.6 Å². The first-order valence-corrected chi connectivity index (χ1v) is 10.5. The van der Waals surface area contributed by atoms with Crippen molar-refractivity contribution >= 4 is 17.7 Å². The monoisotopic (exact) mass is 453 g/mol. The SMILES string of the molecule is CC(=O)NC[C@H]1CN(c2ccc(-c3ccc(CNCc4nc(C)no4)cc3)c(F)c2)C(=O)O1. The molecule has 1 saturated heterocycles. The molecule has 1 aliphatic rings. The number of anilines is 1. The van der Waals surface area contributed by atoms with Gasteiger partial charge in [-0.05, 0) is 36.2 Å². The van der Waals surface area contributed by atoms with Crippen molar-refractivity contribution in [2.75, 3.05) is 18.0 Å². The number of cyclic esters (lactones) is 1. The molecule has 2 aromatic carbocycles. The van der Waals surface area contributed by atoms with Crippen LogP contribution in [0.2, 0.25) is 0 Å². The van der Waals surface area contributed by atoms with Gasteiger partial charge >= 0.3 is 6.09 Å². The van der Waals surface area contributed by atoms with Crippen LogP contribution in [-0.4, -0.2) is 41.3 Å². The third kappa shape index (κ3) is 5.53. The van der Waals surface area contributed by atoms with Crippen molar-refractivity contribution < 1.29 is 23.2 Å². The van der Waals surface area contributed by atoms with Gasteiger partial charge in [0.25, 0.3) is 0 Å². The van der Waals surface area contributed by atoms with E-state index in [1.807, 2.05) is 24.3 Å². The Labute approximate surface area is 189 Å². The zero-order valence-corrected chi connectivity index (χ0v) is 18.3. The van der Waals surface area contributed by atoms with Gasteiger partial charge in [-0.3, -0.25) is 9.69 Å². The fraction of sp³-hybridized carbons (Fsp3) is 0.304. The lowest BCUT2D eigenvalue weighted by molar-refractivity contribution is -0.119. The van der Waals surface area contributed by atoms with Crippen LogP contribution in [0.3, 0.4) is 0 Å². The molecule has 172 valence electrons. The first kappa shape index (κ1) is 22.4. The van der Waals surface area contributed by atoms with Crippen molar-refractivity contribution in [2.24, 2.45) is 0 Å². The van der Waals surface area contributed by atoms with Gasteiger partial charge < -0.3 is 19.9 Å². The number of halogens is 1. The molecule has 4 rings (SSSR count). The van der Waals surface area contributed by atoms with Gasteiger partial charge in [0, 0.05) is 19.0 Å². The highest BCUT2D eigenvalue weighted by Crippen LogP contribution is 2.29. The van der Waals surface area contributed by atoms with Crippen LogP contribution in [0, 0.1) is 12.7 Å². The Morgan fingerprint density at radius 3 is 2.67 bits per heavy atom. The molecular weight excluding hydrogens is 429 g/mol. The molecule has 0 saturated carbocycles. The summed E-state index contributed by atoms with van der Waals surface area (Å²) in [6.45, 7) is 4.67. The molecular formula is C23H24FN5O4. The lowest BCUT2D eigenvalue weighted by atomic mass is 10.0. The summed E-state index contributed by atoms with van der Waals surface area (Å²) in [5.41, 5.74) is 2.59. The quantitative estimate of drug-likeness (QED) is 0.540. The van der Waals surface area contributed by atoms with Crippen molar-refractivity contribution in [3.8, 4) is 11.1 Å². The predicted molar refractivity (Wildman–Crippen MR) is 118 cm³/mol. The van der Waals surface area contributed by atoms with Crippen LogP contribution in [-0.2, 0) is 22.6 Å². The number of nitrogens with one attached hydrogen (secondary N) is 2. The third-order valence-electron chi connectivity index (χ3n) is 5.16. The van der Waals surface area contributed by atoms with E-state index in [2.05, 4.69) is 20.8 Å². The largest absolute Gasteiger partial charge is 0.442 e. The standard InChI is InChI=1S/C23H24FN5O4/c1-14-27-22(33-28-14)12-25-10-16-3-5-17(6-4-16)20-8-7-18(9-21(20)24)29-13-19(32-23(29)31)11-26-15(2)30/h3-9,19,25H,10-13H2,1-2H3,(H,26,30)/t19-/m0/s1. The second-order valence-corrected chi connectivity index (χ2v) is 7.75. The van der Waals surface area contributed by atoms with E-state index in [0.29, 0.717) is 36.1 Å². The number of benzene rings is 2. The van der Waals surface area contributed by atoms with Crippen LogP contribution in [0.1, 0.15) is 24.2 Å². The van der Waals surface area contributed by atoms with E-state index >= 15 is 0 Å². The number of rotatable bonds is 8. The minimum atomic E-state index is -0.565. The van der Waals surface area contributed by atoms with Gasteiger partial charge in [-0.15, -0.1) is 0 Å². The Bertz CT molecular complexity index is 1150. The van der Waals surface area contributed by atoms with Crippen molar-refractivity contribution in [1.29, 1.82) is 0 Å². The van der Waals surface area contributed by atoms with Gasteiger partial charge in [0.2, 0.25) is 11.8 Å². The number of amides is 2. The summed E-state index contributed by atoms with van der Waals surface area (Å²) in [6.07, 6.45) is -1.04. The van der Waals surface area contributed by atoms with E-state index in [0.717, 1.165) is 11.1 Å². The first-order chi connectivity index (χ1) is 15.9. The summed E-state index contributed by atoms with van der Waals surface area (Å²) in [6, 6.07) is 12.2. The molecule has 2 amide bonds. The maximum Gasteiger partial charge on any atom is 0.414 e. The van der Waals surface area contributed by atoms with Crippen LogP contribution in [0.25, 0.3) is 11.1 Å². The molecule has 9 nitrogen and oxygen atoms in total. The van der Waals surface area contributed by atoms with E-state index in [1.165, 1.54) is 17.9 Å². The normalized spacial score (nSPS) is 15.5. The zero-order valence-electron chi connectivity index (χ0n) is 18.3. The molecule has 3 aromatic rings. The van der Waals surface area contributed by atoms with Crippen LogP contribution >= 0.6 is 0 Å². The number of carbonyl (C=O) groups excluding carboxylic acids is 2. The maximum absolute atomic E-state index is 14.9. The number of aromatic nitrogens is 2. The smallest absolute Gasteiger partial charge is 0.414 e. The molecule has 1 fully saturated rings. The summed E-state index contributed by atoms with van der Waals surface area (Å²) in [5.74, 6) is 0.470. The van der Waals surface area contributed by atoms with Gasteiger partial charge in [0.15, 0.2) is 5.82 Å².